The Morgan fingerprint density at radius 3 is 1.18 bits per heavy atom. The van der Waals surface area contributed by atoms with Gasteiger partial charge in [0.1, 0.15) is 0 Å². The Balaban J connectivity index is 0.00000384. The van der Waals surface area contributed by atoms with E-state index >= 15 is 0 Å². The number of hydrogen-bond donors (Lipinski definition) is 0. The number of rotatable bonds is 6. The Kier molecular flexibility index (Phi) is 9.36. The molecule has 6 rings (SSSR count). The van der Waals surface area contributed by atoms with Gasteiger partial charge in [0, 0.05) is 26.2 Å². The van der Waals surface area contributed by atoms with Crippen LogP contribution in [-0.4, -0.2) is 9.52 Å². The molecule has 0 aromatic heterocycles. The van der Waals surface area contributed by atoms with Gasteiger partial charge in [0.15, 0.2) is 0 Å². The molecule has 0 amide bonds. The molecule has 2 aliphatic carbocycles. The third-order valence-corrected chi connectivity index (χ3v) is 14.5. The fourth-order valence-corrected chi connectivity index (χ4v) is 12.7. The summed E-state index contributed by atoms with van der Waals surface area (Å²) in [6.45, 7) is 18.2. The molecule has 4 aromatic carbocycles. The van der Waals surface area contributed by atoms with Crippen molar-refractivity contribution in [1.29, 1.82) is 0 Å². The van der Waals surface area contributed by atoms with E-state index in [-0.39, 0.29) is 26.2 Å². The van der Waals surface area contributed by atoms with Crippen molar-refractivity contribution in [1.82, 2.24) is 0 Å². The van der Waals surface area contributed by atoms with Gasteiger partial charge in [-0.1, -0.05) is 113 Å². The van der Waals surface area contributed by atoms with Crippen molar-refractivity contribution in [3.05, 3.63) is 152 Å². The van der Waals surface area contributed by atoms with E-state index in [1.165, 1.54) is 77.9 Å². The first-order valence-corrected chi connectivity index (χ1v) is 17.8. The van der Waals surface area contributed by atoms with Gasteiger partial charge in [-0.05, 0) is 117 Å². The van der Waals surface area contributed by atoms with Crippen molar-refractivity contribution < 1.29 is 26.2 Å². The summed E-state index contributed by atoms with van der Waals surface area (Å²) >= 11 is 16.4. The molecule has 0 heterocycles. The molecule has 0 spiro atoms. The smallest absolute Gasteiger partial charge is 0.0924 e. The van der Waals surface area contributed by atoms with E-state index in [4.69, 9.17) is 23.2 Å². The Morgan fingerprint density at radius 2 is 0.864 bits per heavy atom. The van der Waals surface area contributed by atoms with Crippen molar-refractivity contribution in [2.75, 3.05) is 0 Å². The van der Waals surface area contributed by atoms with Crippen molar-refractivity contribution >= 4 is 43.9 Å². The zero-order valence-corrected chi connectivity index (χ0v) is 32.6. The van der Waals surface area contributed by atoms with E-state index < -0.39 is 18.5 Å². The second kappa shape index (κ2) is 12.3. The Morgan fingerprint density at radius 1 is 0.523 bits per heavy atom. The van der Waals surface area contributed by atoms with Crippen molar-refractivity contribution in [3.8, 4) is 0 Å². The van der Waals surface area contributed by atoms with Gasteiger partial charge in [0.25, 0.3) is 0 Å². The molecule has 4 aromatic rings. The van der Waals surface area contributed by atoms with E-state index in [0.29, 0.717) is 11.8 Å². The molecule has 0 bridgehead atoms. The van der Waals surface area contributed by atoms with Gasteiger partial charge < -0.3 is 0 Å². The summed E-state index contributed by atoms with van der Waals surface area (Å²) in [4.78, 5) is 0. The van der Waals surface area contributed by atoms with Crippen molar-refractivity contribution in [2.24, 2.45) is 0 Å². The molecule has 0 fully saturated rings. The summed E-state index contributed by atoms with van der Waals surface area (Å²) in [6.07, 6.45) is 0. The van der Waals surface area contributed by atoms with Gasteiger partial charge in [-0.2, -0.15) is 0 Å². The largest absolute Gasteiger partial charge is 0.114 e. The topological polar surface area (TPSA) is 0 Å². The van der Waals surface area contributed by atoms with E-state index in [0.717, 1.165) is 0 Å². The third kappa shape index (κ3) is 5.04. The second-order valence-corrected chi connectivity index (χ2v) is 17.9. The first kappa shape index (κ1) is 33.4. The minimum atomic E-state index is -1.32. The maximum absolute atomic E-state index is 8.22. The minimum absolute atomic E-state index is 0. The Bertz CT molecular complexity index is 1670. The van der Waals surface area contributed by atoms with Crippen LogP contribution in [0.2, 0.25) is 0 Å². The molecule has 0 saturated carbocycles. The van der Waals surface area contributed by atoms with Crippen LogP contribution >= 0.6 is 23.2 Å². The third-order valence-electron chi connectivity index (χ3n) is 9.98. The first-order chi connectivity index (χ1) is 20.4. The van der Waals surface area contributed by atoms with Gasteiger partial charge in [-0.15, -0.1) is 23.2 Å². The monoisotopic (exact) mass is 710 g/mol. The van der Waals surface area contributed by atoms with Gasteiger partial charge in [-0.3, -0.25) is 0 Å². The standard InChI is InChI=1S/C40H42Cl2Si.Zr/c1-23(2)31-21-19-25(5)37-35(31)33(29-15-11-9-12-16-29)27(7)39(37,41)43-40(42)28(8)34(30-17-13-10-14-18-30)36-32(24(3)4)22-20-26(6)38(36)40;/h9-24H,43H2,1-8H3;. The summed E-state index contributed by atoms with van der Waals surface area (Å²) in [7, 11) is -1.32. The summed E-state index contributed by atoms with van der Waals surface area (Å²) in [5, 5.41) is 0. The zero-order valence-electron chi connectivity index (χ0n) is 27.2. The van der Waals surface area contributed by atoms with Crippen LogP contribution < -0.4 is 0 Å². The fraction of sp³-hybridized carbons (Fsp3) is 0.300. The average molecular weight is 713 g/mol. The molecule has 0 saturated heterocycles. The number of aryl methyl sites for hydroxylation is 2. The van der Waals surface area contributed by atoms with Gasteiger partial charge >= 0.3 is 0 Å². The van der Waals surface area contributed by atoms with Crippen molar-refractivity contribution in [2.45, 2.75) is 76.2 Å². The van der Waals surface area contributed by atoms with Crippen LogP contribution in [0.4, 0.5) is 0 Å². The molecule has 4 heteroatoms. The second-order valence-electron chi connectivity index (χ2n) is 13.3. The molecule has 0 radical (unpaired) electrons. The molecular weight excluding hydrogens is 671 g/mol. The molecule has 0 aliphatic heterocycles. The van der Waals surface area contributed by atoms with Crippen LogP contribution in [0.5, 0.6) is 0 Å². The number of halogens is 2. The summed E-state index contributed by atoms with van der Waals surface area (Å²) < 4.78 is -1.27. The molecule has 0 N–H and O–H groups in total. The van der Waals surface area contributed by atoms with Crippen LogP contribution in [0.15, 0.2) is 96.1 Å². The number of hydrogen-bond acceptors (Lipinski definition) is 0. The molecule has 44 heavy (non-hydrogen) atoms. The van der Waals surface area contributed by atoms with Crippen LogP contribution in [0, 0.1) is 13.8 Å². The van der Waals surface area contributed by atoms with Gasteiger partial charge in [0.05, 0.1) is 18.5 Å². The predicted molar refractivity (Wildman–Crippen MR) is 190 cm³/mol. The molecule has 2 aliphatic rings. The molecule has 2 unspecified atom stereocenters. The molecule has 0 nitrogen and oxygen atoms in total. The van der Waals surface area contributed by atoms with Gasteiger partial charge in [-0.25, -0.2) is 0 Å². The molecule has 224 valence electrons. The van der Waals surface area contributed by atoms with Crippen LogP contribution in [0.25, 0.3) is 11.1 Å². The number of alkyl halides is 2. The van der Waals surface area contributed by atoms with Crippen molar-refractivity contribution in [3.63, 3.8) is 0 Å². The maximum atomic E-state index is 8.22. The van der Waals surface area contributed by atoms with Crippen LogP contribution in [0.3, 0.4) is 0 Å². The van der Waals surface area contributed by atoms with E-state index in [1.807, 2.05) is 0 Å². The van der Waals surface area contributed by atoms with Crippen LogP contribution in [-0.2, 0) is 35.2 Å². The Hall–Kier alpha value is -1.96. The number of allylic oxidation sites excluding steroid dienone is 2. The molecule has 2 atom stereocenters. The predicted octanol–water partition coefficient (Wildman–Crippen LogP) is 10.9. The number of benzene rings is 4. The van der Waals surface area contributed by atoms with Gasteiger partial charge in [0.2, 0.25) is 0 Å². The fourth-order valence-electron chi connectivity index (χ4n) is 7.82. The SMILES string of the molecule is CC1=C(c2ccccc2)c2c(C(C)C)ccc(C)c2C1(Cl)[SiH2]C1(Cl)C(C)=C(c2ccccc2)c2c(C(C)C)ccc(C)c21.[Zr]. The van der Waals surface area contributed by atoms with Crippen LogP contribution in [0.1, 0.15) is 109 Å². The first-order valence-electron chi connectivity index (χ1n) is 15.6. The van der Waals surface area contributed by atoms with E-state index in [2.05, 4.69) is 140 Å². The Labute approximate surface area is 295 Å². The minimum Gasteiger partial charge on any atom is -0.114 e. The average Bonchev–Trinajstić information content (AvgIpc) is 3.34. The quantitative estimate of drug-likeness (QED) is 0.138. The normalized spacial score (nSPS) is 21.1. The summed E-state index contributed by atoms with van der Waals surface area (Å²) in [6, 6.07) is 30.9. The summed E-state index contributed by atoms with van der Waals surface area (Å²) in [5.74, 6) is 0.752. The zero-order chi connectivity index (χ0) is 30.8. The maximum Gasteiger partial charge on any atom is 0.0924 e. The molecular formula is C40H42Cl2SiZr. The van der Waals surface area contributed by atoms with E-state index in [9.17, 15) is 0 Å². The van der Waals surface area contributed by atoms with E-state index in [1.54, 1.807) is 0 Å². The number of fused-ring (bicyclic) bond motifs is 2. The summed E-state index contributed by atoms with van der Waals surface area (Å²) in [5.41, 5.74) is 18.0.